The van der Waals surface area contributed by atoms with Gasteiger partial charge in [0.2, 0.25) is 0 Å². The predicted molar refractivity (Wildman–Crippen MR) is 96.3 cm³/mol. The van der Waals surface area contributed by atoms with Gasteiger partial charge in [0, 0.05) is 10.6 Å². The lowest BCUT2D eigenvalue weighted by Gasteiger charge is -2.19. The fraction of sp³-hybridized carbons (Fsp3) is 0.0476. The molecular weight excluding hydrogens is 345 g/mol. The van der Waals surface area contributed by atoms with Crippen molar-refractivity contribution in [1.82, 2.24) is 0 Å². The van der Waals surface area contributed by atoms with Gasteiger partial charge in [-0.05, 0) is 28.8 Å². The molecule has 0 saturated heterocycles. The molecule has 0 aromatic heterocycles. The Balaban J connectivity index is 2.37. The van der Waals surface area contributed by atoms with Crippen LogP contribution in [0, 0.1) is 0 Å². The van der Waals surface area contributed by atoms with Crippen molar-refractivity contribution in [2.24, 2.45) is 0 Å². The van der Waals surface area contributed by atoms with Crippen LogP contribution in [0.5, 0.6) is 0 Å². The third-order valence-corrected chi connectivity index (χ3v) is 4.04. The van der Waals surface area contributed by atoms with Gasteiger partial charge in [-0.25, -0.2) is 0 Å². The Kier molecular flexibility index (Phi) is 4.95. The van der Waals surface area contributed by atoms with Crippen LogP contribution in [0.1, 0.15) is 16.7 Å². The smallest absolute Gasteiger partial charge is 0.166 e. The SMILES string of the molecule is FC(F)(F)/C(=C(/c1ccccc1)c1ccc(Cl)cc1)c1ccccc1. The predicted octanol–water partition coefficient (Wildman–Crippen LogP) is 6.86. The van der Waals surface area contributed by atoms with Crippen LogP contribution >= 0.6 is 11.6 Å². The standard InChI is InChI=1S/C21H14ClF3/c22-18-13-11-16(12-14-18)19(15-7-3-1-4-8-15)20(21(23,24)25)17-9-5-2-6-10-17/h1-14H/b20-19-. The molecule has 3 rings (SSSR count). The zero-order valence-electron chi connectivity index (χ0n) is 13.1. The lowest BCUT2D eigenvalue weighted by atomic mass is 9.89. The van der Waals surface area contributed by atoms with E-state index in [-0.39, 0.29) is 11.1 Å². The maximum atomic E-state index is 14.0. The highest BCUT2D eigenvalue weighted by Gasteiger charge is 2.38. The third kappa shape index (κ3) is 3.94. The highest BCUT2D eigenvalue weighted by Crippen LogP contribution is 2.42. The molecule has 0 heterocycles. The molecule has 0 amide bonds. The normalized spacial score (nSPS) is 12.6. The summed E-state index contributed by atoms with van der Waals surface area (Å²) in [6.07, 6.45) is -4.51. The maximum Gasteiger partial charge on any atom is 0.417 e. The Bertz CT molecular complexity index is 865. The fourth-order valence-electron chi connectivity index (χ4n) is 2.73. The van der Waals surface area contributed by atoms with Crippen molar-refractivity contribution in [2.75, 3.05) is 0 Å². The second-order valence-corrected chi connectivity index (χ2v) is 5.92. The van der Waals surface area contributed by atoms with Gasteiger partial charge in [-0.1, -0.05) is 84.4 Å². The van der Waals surface area contributed by atoms with E-state index in [9.17, 15) is 13.2 Å². The molecule has 0 aliphatic rings. The topological polar surface area (TPSA) is 0 Å². The summed E-state index contributed by atoms with van der Waals surface area (Å²) in [5, 5.41) is 0.476. The first kappa shape index (κ1) is 17.3. The largest absolute Gasteiger partial charge is 0.417 e. The molecular formula is C21H14ClF3. The quantitative estimate of drug-likeness (QED) is 0.448. The van der Waals surface area contributed by atoms with Gasteiger partial charge in [0.15, 0.2) is 0 Å². The van der Waals surface area contributed by atoms with Crippen LogP contribution in [0.3, 0.4) is 0 Å². The Morgan fingerprint density at radius 2 is 1.04 bits per heavy atom. The van der Waals surface area contributed by atoms with Crippen LogP contribution in [0.2, 0.25) is 5.02 Å². The first-order valence-corrected chi connectivity index (χ1v) is 8.03. The molecule has 126 valence electrons. The van der Waals surface area contributed by atoms with Crippen molar-refractivity contribution >= 4 is 22.7 Å². The molecule has 25 heavy (non-hydrogen) atoms. The minimum atomic E-state index is -4.51. The molecule has 0 spiro atoms. The van der Waals surface area contributed by atoms with E-state index >= 15 is 0 Å². The van der Waals surface area contributed by atoms with Crippen LogP contribution in [-0.4, -0.2) is 6.18 Å². The van der Waals surface area contributed by atoms with Crippen molar-refractivity contribution in [2.45, 2.75) is 6.18 Å². The van der Waals surface area contributed by atoms with Gasteiger partial charge in [0.1, 0.15) is 0 Å². The summed E-state index contributed by atoms with van der Waals surface area (Å²) in [5.74, 6) is 0. The molecule has 0 radical (unpaired) electrons. The van der Waals surface area contributed by atoms with Gasteiger partial charge in [-0.2, -0.15) is 13.2 Å². The first-order valence-electron chi connectivity index (χ1n) is 7.65. The van der Waals surface area contributed by atoms with Gasteiger partial charge in [0.25, 0.3) is 0 Å². The third-order valence-electron chi connectivity index (χ3n) is 3.79. The van der Waals surface area contributed by atoms with E-state index in [1.54, 1.807) is 72.8 Å². The molecule has 3 aromatic carbocycles. The van der Waals surface area contributed by atoms with Gasteiger partial charge >= 0.3 is 6.18 Å². The van der Waals surface area contributed by atoms with E-state index in [2.05, 4.69) is 0 Å². The summed E-state index contributed by atoms with van der Waals surface area (Å²) < 4.78 is 42.1. The molecule has 0 nitrogen and oxygen atoms in total. The number of benzene rings is 3. The summed E-state index contributed by atoms with van der Waals surface area (Å²) in [6.45, 7) is 0. The van der Waals surface area contributed by atoms with E-state index in [1.807, 2.05) is 0 Å². The summed E-state index contributed by atoms with van der Waals surface area (Å²) in [7, 11) is 0. The highest BCUT2D eigenvalue weighted by atomic mass is 35.5. The highest BCUT2D eigenvalue weighted by molar-refractivity contribution is 6.30. The van der Waals surface area contributed by atoms with Crippen molar-refractivity contribution in [3.05, 3.63) is 107 Å². The summed E-state index contributed by atoms with van der Waals surface area (Å²) >= 11 is 5.91. The Morgan fingerprint density at radius 3 is 1.52 bits per heavy atom. The zero-order chi connectivity index (χ0) is 17.9. The van der Waals surface area contributed by atoms with Crippen LogP contribution in [0.15, 0.2) is 84.9 Å². The number of allylic oxidation sites excluding steroid dienone is 1. The van der Waals surface area contributed by atoms with E-state index in [0.717, 1.165) is 0 Å². The summed E-state index contributed by atoms with van der Waals surface area (Å²) in [5.41, 5.74) is 0.564. The van der Waals surface area contributed by atoms with E-state index in [4.69, 9.17) is 11.6 Å². The van der Waals surface area contributed by atoms with E-state index < -0.39 is 11.7 Å². The molecule has 0 aliphatic carbocycles. The van der Waals surface area contributed by atoms with Crippen molar-refractivity contribution < 1.29 is 13.2 Å². The fourth-order valence-corrected chi connectivity index (χ4v) is 2.86. The number of rotatable bonds is 3. The van der Waals surface area contributed by atoms with Crippen LogP contribution in [0.4, 0.5) is 13.2 Å². The second kappa shape index (κ2) is 7.16. The average Bonchev–Trinajstić information content (AvgIpc) is 2.61. The average molecular weight is 359 g/mol. The number of alkyl halides is 3. The van der Waals surface area contributed by atoms with Crippen LogP contribution in [-0.2, 0) is 0 Å². The zero-order valence-corrected chi connectivity index (χ0v) is 13.9. The second-order valence-electron chi connectivity index (χ2n) is 5.49. The van der Waals surface area contributed by atoms with Crippen LogP contribution in [0.25, 0.3) is 11.1 Å². The Hall–Kier alpha value is -2.52. The minimum Gasteiger partial charge on any atom is -0.166 e. The molecule has 3 aromatic rings. The molecule has 4 heteroatoms. The molecule has 0 atom stereocenters. The summed E-state index contributed by atoms with van der Waals surface area (Å²) in [4.78, 5) is 0. The van der Waals surface area contributed by atoms with Crippen molar-refractivity contribution in [3.63, 3.8) is 0 Å². The number of halogens is 4. The van der Waals surface area contributed by atoms with Gasteiger partial charge in [-0.15, -0.1) is 0 Å². The molecule has 0 unspecified atom stereocenters. The van der Waals surface area contributed by atoms with Gasteiger partial charge in [0.05, 0.1) is 5.57 Å². The Labute approximate surface area is 149 Å². The molecule has 0 saturated carbocycles. The van der Waals surface area contributed by atoms with Crippen LogP contribution < -0.4 is 0 Å². The minimum absolute atomic E-state index is 0.129. The lowest BCUT2D eigenvalue weighted by molar-refractivity contribution is -0.0685. The molecule has 0 aliphatic heterocycles. The molecule has 0 bridgehead atoms. The van der Waals surface area contributed by atoms with Crippen molar-refractivity contribution in [1.29, 1.82) is 0 Å². The molecule has 0 fully saturated rings. The van der Waals surface area contributed by atoms with E-state index in [0.29, 0.717) is 16.1 Å². The van der Waals surface area contributed by atoms with Gasteiger partial charge < -0.3 is 0 Å². The van der Waals surface area contributed by atoms with E-state index in [1.165, 1.54) is 12.1 Å². The first-order chi connectivity index (χ1) is 12.0. The lowest BCUT2D eigenvalue weighted by Crippen LogP contribution is -2.13. The van der Waals surface area contributed by atoms with Gasteiger partial charge in [-0.3, -0.25) is 0 Å². The molecule has 0 N–H and O–H groups in total. The number of hydrogen-bond donors (Lipinski definition) is 0. The maximum absolute atomic E-state index is 14.0. The number of hydrogen-bond acceptors (Lipinski definition) is 0. The van der Waals surface area contributed by atoms with Crippen molar-refractivity contribution in [3.8, 4) is 0 Å². The monoisotopic (exact) mass is 358 g/mol. The summed E-state index contributed by atoms with van der Waals surface area (Å²) in [6, 6.07) is 22.9. The Morgan fingerprint density at radius 1 is 0.600 bits per heavy atom.